The van der Waals surface area contributed by atoms with E-state index in [0.29, 0.717) is 29.4 Å². The van der Waals surface area contributed by atoms with Crippen LogP contribution in [0.4, 0.5) is 0 Å². The number of benzene rings is 2. The molecule has 0 fully saturated rings. The first-order valence-electron chi connectivity index (χ1n) is 9.25. The van der Waals surface area contributed by atoms with E-state index >= 15 is 0 Å². The summed E-state index contributed by atoms with van der Waals surface area (Å²) in [7, 11) is 3.21. The number of hydrogen-bond donors (Lipinski definition) is 1. The average Bonchev–Trinajstić information content (AvgIpc) is 2.78. The zero-order valence-electron chi connectivity index (χ0n) is 16.7. The molecule has 150 valence electrons. The van der Waals surface area contributed by atoms with E-state index in [4.69, 9.17) is 14.2 Å². The fourth-order valence-corrected chi connectivity index (χ4v) is 2.89. The van der Waals surface area contributed by atoms with E-state index in [9.17, 15) is 4.79 Å². The standard InChI is InChI=1S/C23H24N2O4/c1-16(21-13-20(27-2)10-11-22(21)28-3)25-23(26)18-6-8-19(9-7-18)29-15-17-5-4-12-24-14-17/h4-14,16H,15H2,1-3H3,(H,25,26). The summed E-state index contributed by atoms with van der Waals surface area (Å²) in [5.74, 6) is 1.91. The highest BCUT2D eigenvalue weighted by Gasteiger charge is 2.16. The van der Waals surface area contributed by atoms with Crippen molar-refractivity contribution in [3.05, 3.63) is 83.7 Å². The van der Waals surface area contributed by atoms with Gasteiger partial charge in [0.1, 0.15) is 23.9 Å². The van der Waals surface area contributed by atoms with Gasteiger partial charge in [0.25, 0.3) is 5.91 Å². The summed E-state index contributed by atoms with van der Waals surface area (Å²) < 4.78 is 16.4. The Kier molecular flexibility index (Phi) is 6.68. The maximum atomic E-state index is 12.6. The topological polar surface area (TPSA) is 69.7 Å². The number of methoxy groups -OCH3 is 2. The molecular weight excluding hydrogens is 368 g/mol. The number of ether oxygens (including phenoxy) is 3. The number of nitrogens with zero attached hydrogens (tertiary/aromatic N) is 1. The lowest BCUT2D eigenvalue weighted by Crippen LogP contribution is -2.26. The molecule has 1 N–H and O–H groups in total. The van der Waals surface area contributed by atoms with Crippen LogP contribution in [0.15, 0.2) is 67.0 Å². The number of nitrogens with one attached hydrogen (secondary N) is 1. The fraction of sp³-hybridized carbons (Fsp3) is 0.217. The van der Waals surface area contributed by atoms with Crippen molar-refractivity contribution in [2.45, 2.75) is 19.6 Å². The molecule has 0 bridgehead atoms. The van der Waals surface area contributed by atoms with Gasteiger partial charge in [-0.1, -0.05) is 6.07 Å². The Morgan fingerprint density at radius 2 is 1.79 bits per heavy atom. The summed E-state index contributed by atoms with van der Waals surface area (Å²) >= 11 is 0. The van der Waals surface area contributed by atoms with Crippen molar-refractivity contribution in [3.63, 3.8) is 0 Å². The van der Waals surface area contributed by atoms with Gasteiger partial charge in [0.2, 0.25) is 0 Å². The van der Waals surface area contributed by atoms with Crippen LogP contribution in [0, 0.1) is 0 Å². The van der Waals surface area contributed by atoms with Gasteiger partial charge < -0.3 is 19.5 Å². The van der Waals surface area contributed by atoms with E-state index in [0.717, 1.165) is 11.1 Å². The number of hydrogen-bond acceptors (Lipinski definition) is 5. The monoisotopic (exact) mass is 392 g/mol. The molecule has 3 aromatic rings. The molecule has 3 rings (SSSR count). The second-order valence-corrected chi connectivity index (χ2v) is 6.48. The molecule has 0 spiro atoms. The van der Waals surface area contributed by atoms with Gasteiger partial charge in [-0.15, -0.1) is 0 Å². The molecule has 1 heterocycles. The van der Waals surface area contributed by atoms with E-state index in [1.807, 2.05) is 37.3 Å². The summed E-state index contributed by atoms with van der Waals surface area (Å²) in [5, 5.41) is 2.99. The van der Waals surface area contributed by atoms with Crippen LogP contribution in [-0.2, 0) is 6.61 Å². The van der Waals surface area contributed by atoms with Crippen LogP contribution in [0.5, 0.6) is 17.2 Å². The largest absolute Gasteiger partial charge is 0.497 e. The number of rotatable bonds is 8. The first-order chi connectivity index (χ1) is 14.1. The fourth-order valence-electron chi connectivity index (χ4n) is 2.89. The predicted octanol–water partition coefficient (Wildman–Crippen LogP) is 4.17. The molecule has 1 amide bonds. The molecule has 1 unspecified atom stereocenters. The lowest BCUT2D eigenvalue weighted by Gasteiger charge is -2.18. The van der Waals surface area contributed by atoms with Crippen molar-refractivity contribution in [3.8, 4) is 17.2 Å². The van der Waals surface area contributed by atoms with Crippen molar-refractivity contribution in [2.75, 3.05) is 14.2 Å². The Balaban J connectivity index is 1.63. The Bertz CT molecular complexity index is 943. The van der Waals surface area contributed by atoms with Crippen LogP contribution in [-0.4, -0.2) is 25.1 Å². The summed E-state index contributed by atoms with van der Waals surface area (Å²) in [6.45, 7) is 2.33. The van der Waals surface area contributed by atoms with E-state index in [1.54, 1.807) is 50.9 Å². The second kappa shape index (κ2) is 9.59. The van der Waals surface area contributed by atoms with Gasteiger partial charge in [-0.3, -0.25) is 9.78 Å². The summed E-state index contributed by atoms with van der Waals surface area (Å²) in [6, 6.07) is 16.1. The molecular formula is C23H24N2O4. The zero-order valence-corrected chi connectivity index (χ0v) is 16.7. The normalized spacial score (nSPS) is 11.4. The number of carbonyl (C=O) groups is 1. The lowest BCUT2D eigenvalue weighted by atomic mass is 10.1. The van der Waals surface area contributed by atoms with Crippen molar-refractivity contribution in [1.29, 1.82) is 0 Å². The molecule has 0 aliphatic heterocycles. The average molecular weight is 392 g/mol. The van der Waals surface area contributed by atoms with Gasteiger partial charge in [-0.05, 0) is 55.5 Å². The third kappa shape index (κ3) is 5.25. The molecule has 0 saturated heterocycles. The quantitative estimate of drug-likeness (QED) is 0.623. The third-order valence-electron chi connectivity index (χ3n) is 4.50. The van der Waals surface area contributed by atoms with Crippen molar-refractivity contribution in [1.82, 2.24) is 10.3 Å². The molecule has 0 radical (unpaired) electrons. The summed E-state index contributed by atoms with van der Waals surface area (Å²) in [4.78, 5) is 16.7. The second-order valence-electron chi connectivity index (χ2n) is 6.48. The molecule has 0 aliphatic rings. The Labute approximate surface area is 170 Å². The molecule has 0 saturated carbocycles. The summed E-state index contributed by atoms with van der Waals surface area (Å²) in [5.41, 5.74) is 2.37. The van der Waals surface area contributed by atoms with Crippen LogP contribution in [0.1, 0.15) is 34.5 Å². The van der Waals surface area contributed by atoms with Crippen LogP contribution >= 0.6 is 0 Å². The maximum Gasteiger partial charge on any atom is 0.251 e. The van der Waals surface area contributed by atoms with Crippen LogP contribution < -0.4 is 19.5 Å². The Morgan fingerprint density at radius 3 is 2.45 bits per heavy atom. The van der Waals surface area contributed by atoms with Gasteiger partial charge in [-0.2, -0.15) is 0 Å². The van der Waals surface area contributed by atoms with E-state index < -0.39 is 0 Å². The highest BCUT2D eigenvalue weighted by atomic mass is 16.5. The van der Waals surface area contributed by atoms with Crippen LogP contribution in [0.25, 0.3) is 0 Å². The first kappa shape index (κ1) is 20.2. The number of aromatic nitrogens is 1. The van der Waals surface area contributed by atoms with Crippen molar-refractivity contribution < 1.29 is 19.0 Å². The van der Waals surface area contributed by atoms with Crippen molar-refractivity contribution >= 4 is 5.91 Å². The molecule has 1 aromatic heterocycles. The van der Waals surface area contributed by atoms with Gasteiger partial charge >= 0.3 is 0 Å². The highest BCUT2D eigenvalue weighted by Crippen LogP contribution is 2.29. The first-order valence-corrected chi connectivity index (χ1v) is 9.25. The molecule has 2 aromatic carbocycles. The Morgan fingerprint density at radius 1 is 1.03 bits per heavy atom. The molecule has 29 heavy (non-hydrogen) atoms. The maximum absolute atomic E-state index is 12.6. The van der Waals surface area contributed by atoms with E-state index in [2.05, 4.69) is 10.3 Å². The van der Waals surface area contributed by atoms with Gasteiger partial charge in [0, 0.05) is 29.1 Å². The van der Waals surface area contributed by atoms with Crippen LogP contribution in [0.2, 0.25) is 0 Å². The van der Waals surface area contributed by atoms with Gasteiger partial charge in [-0.25, -0.2) is 0 Å². The molecule has 1 atom stereocenters. The van der Waals surface area contributed by atoms with Crippen molar-refractivity contribution in [2.24, 2.45) is 0 Å². The van der Waals surface area contributed by atoms with Gasteiger partial charge in [0.05, 0.1) is 20.3 Å². The third-order valence-corrected chi connectivity index (χ3v) is 4.50. The minimum Gasteiger partial charge on any atom is -0.497 e. The molecule has 6 heteroatoms. The highest BCUT2D eigenvalue weighted by molar-refractivity contribution is 5.94. The Hall–Kier alpha value is -3.54. The van der Waals surface area contributed by atoms with E-state index in [1.165, 1.54) is 0 Å². The number of carbonyl (C=O) groups excluding carboxylic acids is 1. The smallest absolute Gasteiger partial charge is 0.251 e. The zero-order chi connectivity index (χ0) is 20.6. The lowest BCUT2D eigenvalue weighted by molar-refractivity contribution is 0.0939. The van der Waals surface area contributed by atoms with Crippen LogP contribution in [0.3, 0.4) is 0 Å². The number of pyridine rings is 1. The molecule has 0 aliphatic carbocycles. The minimum atomic E-state index is -0.256. The predicted molar refractivity (Wildman–Crippen MR) is 110 cm³/mol. The SMILES string of the molecule is COc1ccc(OC)c(C(C)NC(=O)c2ccc(OCc3cccnc3)cc2)c1. The number of amides is 1. The minimum absolute atomic E-state index is 0.179. The summed E-state index contributed by atoms with van der Waals surface area (Å²) in [6.07, 6.45) is 3.48. The van der Waals surface area contributed by atoms with Gasteiger partial charge in [0.15, 0.2) is 0 Å². The van der Waals surface area contributed by atoms with E-state index in [-0.39, 0.29) is 11.9 Å². The molecule has 6 nitrogen and oxygen atoms in total.